The van der Waals surface area contributed by atoms with E-state index in [0.717, 1.165) is 11.1 Å². The third kappa shape index (κ3) is 4.48. The Balaban J connectivity index is 1.57. The zero-order valence-corrected chi connectivity index (χ0v) is 20.4. The van der Waals surface area contributed by atoms with Crippen LogP contribution in [0.1, 0.15) is 26.3 Å². The number of benzene rings is 3. The Kier molecular flexibility index (Phi) is 6.31. The van der Waals surface area contributed by atoms with E-state index in [1.165, 1.54) is 30.6 Å². The Morgan fingerprint density at radius 3 is 2.36 bits per heavy atom. The van der Waals surface area contributed by atoms with E-state index in [-0.39, 0.29) is 17.3 Å². The molecule has 0 unspecified atom stereocenters. The molecule has 2 aromatic heterocycles. The highest BCUT2D eigenvalue weighted by atomic mass is 32.1. The summed E-state index contributed by atoms with van der Waals surface area (Å²) in [5.74, 6) is -1.35. The Morgan fingerprint density at radius 2 is 1.64 bits per heavy atom. The maximum absolute atomic E-state index is 13.6. The largest absolute Gasteiger partial charge is 0.465 e. The molecule has 5 nitrogen and oxygen atoms in total. The summed E-state index contributed by atoms with van der Waals surface area (Å²) in [5.41, 5.74) is 5.24. The standard InChI is InChI=1S/C29H21FN2O3S/c1-17-7-9-19(10-8-17)25-15-22(21-5-3-4-6-24(21)31-25)27(33)32-28-26(29(34)35-2)23(16-36-28)18-11-13-20(30)14-12-18/h3-16H,1-2H3,(H,32,33). The highest BCUT2D eigenvalue weighted by Gasteiger charge is 2.24. The van der Waals surface area contributed by atoms with Crippen LogP contribution in [0.2, 0.25) is 0 Å². The minimum atomic E-state index is -0.592. The number of aryl methyl sites for hydroxylation is 1. The summed E-state index contributed by atoms with van der Waals surface area (Å²) in [5, 5.41) is 5.69. The molecule has 7 heteroatoms. The first-order valence-electron chi connectivity index (χ1n) is 11.2. The van der Waals surface area contributed by atoms with Crippen LogP contribution in [0.4, 0.5) is 9.39 Å². The fraction of sp³-hybridized carbons (Fsp3) is 0.0690. The summed E-state index contributed by atoms with van der Waals surface area (Å²) in [4.78, 5) is 31.0. The van der Waals surface area contributed by atoms with Gasteiger partial charge in [0, 0.05) is 21.9 Å². The average Bonchev–Trinajstić information content (AvgIpc) is 3.31. The monoisotopic (exact) mass is 496 g/mol. The van der Waals surface area contributed by atoms with Crippen molar-refractivity contribution in [3.8, 4) is 22.4 Å². The van der Waals surface area contributed by atoms with Crippen LogP contribution in [0.5, 0.6) is 0 Å². The van der Waals surface area contributed by atoms with Crippen LogP contribution in [-0.4, -0.2) is 24.0 Å². The van der Waals surface area contributed by atoms with E-state index in [4.69, 9.17) is 9.72 Å². The summed E-state index contributed by atoms with van der Waals surface area (Å²) < 4.78 is 18.4. The number of hydrogen-bond acceptors (Lipinski definition) is 5. The summed E-state index contributed by atoms with van der Waals surface area (Å²) in [6, 6.07) is 22.9. The number of para-hydroxylation sites is 1. The predicted octanol–water partition coefficient (Wildman–Crippen LogP) is 7.12. The fourth-order valence-electron chi connectivity index (χ4n) is 4.00. The summed E-state index contributed by atoms with van der Waals surface area (Å²) in [6.07, 6.45) is 0. The summed E-state index contributed by atoms with van der Waals surface area (Å²) in [7, 11) is 1.28. The van der Waals surface area contributed by atoms with Crippen molar-refractivity contribution in [2.24, 2.45) is 0 Å². The van der Waals surface area contributed by atoms with Gasteiger partial charge in [-0.2, -0.15) is 0 Å². The molecule has 0 aliphatic heterocycles. The van der Waals surface area contributed by atoms with Gasteiger partial charge in [0.2, 0.25) is 0 Å². The van der Waals surface area contributed by atoms with Crippen LogP contribution in [0, 0.1) is 12.7 Å². The molecule has 5 rings (SSSR count). The first-order chi connectivity index (χ1) is 17.4. The lowest BCUT2D eigenvalue weighted by molar-refractivity contribution is 0.0603. The smallest absolute Gasteiger partial charge is 0.341 e. The molecule has 0 atom stereocenters. The number of fused-ring (bicyclic) bond motifs is 1. The number of pyridine rings is 1. The molecule has 36 heavy (non-hydrogen) atoms. The number of nitrogens with one attached hydrogen (secondary N) is 1. The molecular formula is C29H21FN2O3S. The molecule has 178 valence electrons. The molecule has 0 fully saturated rings. The second-order valence-electron chi connectivity index (χ2n) is 8.24. The Morgan fingerprint density at radius 1 is 0.944 bits per heavy atom. The second kappa shape index (κ2) is 9.71. The highest BCUT2D eigenvalue weighted by molar-refractivity contribution is 7.15. The van der Waals surface area contributed by atoms with E-state index in [1.54, 1.807) is 23.6 Å². The zero-order valence-electron chi connectivity index (χ0n) is 19.5. The van der Waals surface area contributed by atoms with E-state index in [0.29, 0.717) is 38.3 Å². The van der Waals surface area contributed by atoms with Gasteiger partial charge >= 0.3 is 5.97 Å². The van der Waals surface area contributed by atoms with Gasteiger partial charge < -0.3 is 10.1 Å². The van der Waals surface area contributed by atoms with Crippen LogP contribution in [0.25, 0.3) is 33.3 Å². The van der Waals surface area contributed by atoms with E-state index in [1.807, 2.05) is 55.5 Å². The number of ether oxygens (including phenoxy) is 1. The topological polar surface area (TPSA) is 68.3 Å². The molecule has 0 saturated heterocycles. The van der Waals surface area contributed by atoms with E-state index in [2.05, 4.69) is 5.32 Å². The Hall–Kier alpha value is -4.36. The van der Waals surface area contributed by atoms with Crippen LogP contribution < -0.4 is 5.32 Å². The van der Waals surface area contributed by atoms with E-state index < -0.39 is 5.97 Å². The van der Waals surface area contributed by atoms with E-state index >= 15 is 0 Å². The molecular weight excluding hydrogens is 475 g/mol. The van der Waals surface area contributed by atoms with Gasteiger partial charge in [-0.15, -0.1) is 11.3 Å². The minimum absolute atomic E-state index is 0.222. The number of methoxy groups -OCH3 is 1. The maximum atomic E-state index is 13.6. The number of aromatic nitrogens is 1. The molecule has 0 radical (unpaired) electrons. The predicted molar refractivity (Wildman–Crippen MR) is 141 cm³/mol. The highest BCUT2D eigenvalue weighted by Crippen LogP contribution is 2.37. The van der Waals surface area contributed by atoms with Gasteiger partial charge in [-0.3, -0.25) is 4.79 Å². The number of carbonyl (C=O) groups is 2. The number of thiophene rings is 1. The fourth-order valence-corrected chi connectivity index (χ4v) is 4.95. The lowest BCUT2D eigenvalue weighted by Gasteiger charge is -2.11. The SMILES string of the molecule is COC(=O)c1c(-c2ccc(F)cc2)csc1NC(=O)c1cc(-c2ccc(C)cc2)nc2ccccc12. The van der Waals surface area contributed by atoms with Crippen molar-refractivity contribution in [3.05, 3.63) is 107 Å². The molecule has 0 spiro atoms. The Bertz CT molecular complexity index is 1590. The van der Waals surface area contributed by atoms with Crippen molar-refractivity contribution in [1.29, 1.82) is 0 Å². The van der Waals surface area contributed by atoms with Crippen molar-refractivity contribution >= 4 is 39.1 Å². The number of hydrogen-bond donors (Lipinski definition) is 1. The Labute approximate surface area is 211 Å². The number of halogens is 1. The third-order valence-corrected chi connectivity index (χ3v) is 6.77. The number of carbonyl (C=O) groups excluding carboxylic acids is 2. The first kappa shape index (κ1) is 23.4. The number of amides is 1. The molecule has 0 aliphatic rings. The number of anilines is 1. The van der Waals surface area contributed by atoms with Crippen LogP contribution in [0.15, 0.2) is 84.2 Å². The number of rotatable bonds is 5. The van der Waals surface area contributed by atoms with Gasteiger partial charge in [0.05, 0.1) is 23.9 Å². The van der Waals surface area contributed by atoms with E-state index in [9.17, 15) is 14.0 Å². The van der Waals surface area contributed by atoms with Crippen molar-refractivity contribution < 1.29 is 18.7 Å². The normalized spacial score (nSPS) is 10.9. The van der Waals surface area contributed by atoms with Crippen LogP contribution in [-0.2, 0) is 4.74 Å². The van der Waals surface area contributed by atoms with Crippen molar-refractivity contribution in [2.75, 3.05) is 12.4 Å². The van der Waals surface area contributed by atoms with Gasteiger partial charge in [0.15, 0.2) is 0 Å². The summed E-state index contributed by atoms with van der Waals surface area (Å²) >= 11 is 1.21. The van der Waals surface area contributed by atoms with Gasteiger partial charge in [-0.05, 0) is 36.8 Å². The molecule has 5 aromatic rings. The maximum Gasteiger partial charge on any atom is 0.341 e. The van der Waals surface area contributed by atoms with Gasteiger partial charge in [-0.1, -0.05) is 60.2 Å². The zero-order chi connectivity index (χ0) is 25.2. The van der Waals surface area contributed by atoms with Crippen LogP contribution in [0.3, 0.4) is 0 Å². The van der Waals surface area contributed by atoms with Crippen molar-refractivity contribution in [2.45, 2.75) is 6.92 Å². The number of nitrogens with zero attached hydrogens (tertiary/aromatic N) is 1. The van der Waals surface area contributed by atoms with Gasteiger partial charge in [0.25, 0.3) is 5.91 Å². The average molecular weight is 497 g/mol. The molecule has 1 N–H and O–H groups in total. The van der Waals surface area contributed by atoms with Gasteiger partial charge in [0.1, 0.15) is 16.4 Å². The van der Waals surface area contributed by atoms with Crippen molar-refractivity contribution in [1.82, 2.24) is 4.98 Å². The molecule has 0 bridgehead atoms. The third-order valence-electron chi connectivity index (χ3n) is 5.87. The second-order valence-corrected chi connectivity index (χ2v) is 9.12. The van der Waals surface area contributed by atoms with Crippen molar-refractivity contribution in [3.63, 3.8) is 0 Å². The number of esters is 1. The van der Waals surface area contributed by atoms with Gasteiger partial charge in [-0.25, -0.2) is 14.2 Å². The molecule has 1 amide bonds. The van der Waals surface area contributed by atoms with Crippen LogP contribution >= 0.6 is 11.3 Å². The summed E-state index contributed by atoms with van der Waals surface area (Å²) in [6.45, 7) is 2.01. The molecule has 0 aliphatic carbocycles. The quantitative estimate of drug-likeness (QED) is 0.263. The minimum Gasteiger partial charge on any atom is -0.465 e. The lowest BCUT2D eigenvalue weighted by Crippen LogP contribution is -2.15. The molecule has 0 saturated carbocycles. The molecule has 3 aromatic carbocycles. The first-order valence-corrected chi connectivity index (χ1v) is 12.1. The molecule has 2 heterocycles. The lowest BCUT2D eigenvalue weighted by atomic mass is 10.0.